The van der Waals surface area contributed by atoms with Crippen LogP contribution in [0.25, 0.3) is 11.3 Å². The number of allylic oxidation sites excluding steroid dienone is 1. The molecule has 0 saturated heterocycles. The van der Waals surface area contributed by atoms with E-state index in [2.05, 4.69) is 31.2 Å². The summed E-state index contributed by atoms with van der Waals surface area (Å²) < 4.78 is 0. The van der Waals surface area contributed by atoms with Crippen molar-refractivity contribution in [2.24, 2.45) is 0 Å². The standard InChI is InChI=1S/C18H17NO/c1-13-17-11-7-6-10-16(17)12-19(14(2)20)18(13)15-8-4-3-5-9-15/h3-11H,12H2,1-2H3. The van der Waals surface area contributed by atoms with E-state index in [9.17, 15) is 4.79 Å². The zero-order valence-corrected chi connectivity index (χ0v) is 11.8. The van der Waals surface area contributed by atoms with E-state index >= 15 is 0 Å². The Morgan fingerprint density at radius 3 is 2.35 bits per heavy atom. The van der Waals surface area contributed by atoms with Crippen molar-refractivity contribution in [3.05, 3.63) is 71.3 Å². The van der Waals surface area contributed by atoms with Crippen molar-refractivity contribution in [1.82, 2.24) is 4.90 Å². The number of amides is 1. The number of hydrogen-bond donors (Lipinski definition) is 0. The van der Waals surface area contributed by atoms with E-state index in [1.165, 1.54) is 11.1 Å². The van der Waals surface area contributed by atoms with Crippen LogP contribution in [0.4, 0.5) is 0 Å². The summed E-state index contributed by atoms with van der Waals surface area (Å²) in [4.78, 5) is 13.9. The summed E-state index contributed by atoms with van der Waals surface area (Å²) in [6.45, 7) is 4.37. The highest BCUT2D eigenvalue weighted by molar-refractivity contribution is 5.98. The molecule has 0 spiro atoms. The number of carbonyl (C=O) groups is 1. The molecule has 0 radical (unpaired) electrons. The van der Waals surface area contributed by atoms with Gasteiger partial charge < -0.3 is 4.90 Å². The largest absolute Gasteiger partial charge is 0.307 e. The van der Waals surface area contributed by atoms with Gasteiger partial charge in [-0.2, -0.15) is 0 Å². The lowest BCUT2D eigenvalue weighted by molar-refractivity contribution is -0.126. The van der Waals surface area contributed by atoms with Crippen molar-refractivity contribution >= 4 is 17.2 Å². The molecule has 0 aromatic heterocycles. The second kappa shape index (κ2) is 4.97. The molecule has 0 saturated carbocycles. The van der Waals surface area contributed by atoms with E-state index < -0.39 is 0 Å². The number of rotatable bonds is 1. The topological polar surface area (TPSA) is 20.3 Å². The third kappa shape index (κ3) is 2.03. The zero-order chi connectivity index (χ0) is 14.1. The smallest absolute Gasteiger partial charge is 0.224 e. The molecular formula is C18H17NO. The molecule has 2 aromatic rings. The summed E-state index contributed by atoms with van der Waals surface area (Å²) in [5.74, 6) is 0.0812. The van der Waals surface area contributed by atoms with E-state index in [0.29, 0.717) is 6.54 Å². The van der Waals surface area contributed by atoms with Gasteiger partial charge in [0.2, 0.25) is 5.91 Å². The number of fused-ring (bicyclic) bond motifs is 1. The maximum absolute atomic E-state index is 12.0. The van der Waals surface area contributed by atoms with Crippen LogP contribution in [0.2, 0.25) is 0 Å². The van der Waals surface area contributed by atoms with Crippen LogP contribution < -0.4 is 0 Å². The lowest BCUT2D eigenvalue weighted by atomic mass is 9.91. The molecule has 1 aliphatic heterocycles. The molecular weight excluding hydrogens is 246 g/mol. The third-order valence-corrected chi connectivity index (χ3v) is 3.80. The molecule has 2 aromatic carbocycles. The second-order valence-electron chi connectivity index (χ2n) is 5.10. The van der Waals surface area contributed by atoms with Crippen molar-refractivity contribution in [2.75, 3.05) is 0 Å². The highest BCUT2D eigenvalue weighted by atomic mass is 16.2. The molecule has 0 bridgehead atoms. The summed E-state index contributed by atoms with van der Waals surface area (Å²) in [6.07, 6.45) is 0. The Morgan fingerprint density at radius 2 is 1.65 bits per heavy atom. The Balaban J connectivity index is 2.23. The Kier molecular flexibility index (Phi) is 3.15. The Morgan fingerprint density at radius 1 is 1.00 bits per heavy atom. The molecule has 1 amide bonds. The van der Waals surface area contributed by atoms with Crippen LogP contribution in [-0.2, 0) is 11.3 Å². The fourth-order valence-electron chi connectivity index (χ4n) is 2.84. The molecule has 20 heavy (non-hydrogen) atoms. The van der Waals surface area contributed by atoms with Crippen LogP contribution in [0, 0.1) is 0 Å². The van der Waals surface area contributed by atoms with Gasteiger partial charge in [-0.25, -0.2) is 0 Å². The van der Waals surface area contributed by atoms with Crippen LogP contribution >= 0.6 is 0 Å². The first kappa shape index (κ1) is 12.7. The van der Waals surface area contributed by atoms with E-state index in [1.54, 1.807) is 6.92 Å². The predicted octanol–water partition coefficient (Wildman–Crippen LogP) is 3.94. The highest BCUT2D eigenvalue weighted by Crippen LogP contribution is 2.36. The molecule has 2 nitrogen and oxygen atoms in total. The first-order valence-corrected chi connectivity index (χ1v) is 6.81. The van der Waals surface area contributed by atoms with Gasteiger partial charge >= 0.3 is 0 Å². The van der Waals surface area contributed by atoms with Crippen LogP contribution in [0.1, 0.15) is 30.5 Å². The van der Waals surface area contributed by atoms with Gasteiger partial charge in [-0.1, -0.05) is 54.6 Å². The number of hydrogen-bond acceptors (Lipinski definition) is 1. The fraction of sp³-hybridized carbons (Fsp3) is 0.167. The van der Waals surface area contributed by atoms with Gasteiger partial charge in [0.05, 0.1) is 12.2 Å². The maximum Gasteiger partial charge on any atom is 0.224 e. The molecule has 2 heteroatoms. The van der Waals surface area contributed by atoms with Crippen LogP contribution in [0.3, 0.4) is 0 Å². The Hall–Kier alpha value is -2.35. The van der Waals surface area contributed by atoms with E-state index in [4.69, 9.17) is 0 Å². The van der Waals surface area contributed by atoms with Gasteiger partial charge in [0.15, 0.2) is 0 Å². The molecule has 3 rings (SSSR count). The summed E-state index contributed by atoms with van der Waals surface area (Å²) >= 11 is 0. The van der Waals surface area contributed by atoms with Gasteiger partial charge in [-0.3, -0.25) is 4.79 Å². The number of benzene rings is 2. The first-order valence-electron chi connectivity index (χ1n) is 6.81. The summed E-state index contributed by atoms with van der Waals surface area (Å²) in [7, 11) is 0. The third-order valence-electron chi connectivity index (χ3n) is 3.80. The van der Waals surface area contributed by atoms with Crippen molar-refractivity contribution < 1.29 is 4.79 Å². The van der Waals surface area contributed by atoms with Crippen LogP contribution in [0.5, 0.6) is 0 Å². The fourth-order valence-corrected chi connectivity index (χ4v) is 2.84. The number of nitrogens with zero attached hydrogens (tertiary/aromatic N) is 1. The second-order valence-corrected chi connectivity index (χ2v) is 5.10. The lowest BCUT2D eigenvalue weighted by Crippen LogP contribution is -2.30. The molecule has 0 atom stereocenters. The molecule has 1 aliphatic rings. The molecule has 1 heterocycles. The van der Waals surface area contributed by atoms with E-state index in [1.807, 2.05) is 35.2 Å². The van der Waals surface area contributed by atoms with Gasteiger partial charge in [-0.05, 0) is 29.2 Å². The van der Waals surface area contributed by atoms with Gasteiger partial charge in [0.1, 0.15) is 0 Å². The average Bonchev–Trinajstić information content (AvgIpc) is 2.48. The zero-order valence-electron chi connectivity index (χ0n) is 11.8. The minimum Gasteiger partial charge on any atom is -0.307 e. The minimum absolute atomic E-state index is 0.0812. The van der Waals surface area contributed by atoms with Crippen molar-refractivity contribution in [3.8, 4) is 0 Å². The van der Waals surface area contributed by atoms with E-state index in [0.717, 1.165) is 16.8 Å². The van der Waals surface area contributed by atoms with Gasteiger partial charge in [0.25, 0.3) is 0 Å². The van der Waals surface area contributed by atoms with Gasteiger partial charge in [-0.15, -0.1) is 0 Å². The normalized spacial score (nSPS) is 14.2. The Bertz CT molecular complexity index is 686. The summed E-state index contributed by atoms with van der Waals surface area (Å²) in [5, 5.41) is 0. The maximum atomic E-state index is 12.0. The lowest BCUT2D eigenvalue weighted by Gasteiger charge is -2.32. The monoisotopic (exact) mass is 263 g/mol. The first-order chi connectivity index (χ1) is 9.68. The minimum atomic E-state index is 0.0812. The van der Waals surface area contributed by atoms with Crippen LogP contribution in [0.15, 0.2) is 54.6 Å². The molecule has 0 fully saturated rings. The quantitative estimate of drug-likeness (QED) is 0.763. The van der Waals surface area contributed by atoms with Gasteiger partial charge in [0, 0.05) is 6.92 Å². The Labute approximate surface area is 119 Å². The highest BCUT2D eigenvalue weighted by Gasteiger charge is 2.25. The molecule has 0 aliphatic carbocycles. The SMILES string of the molecule is CC(=O)N1Cc2ccccc2C(C)=C1c1ccccc1. The molecule has 100 valence electrons. The molecule has 0 unspecified atom stereocenters. The number of carbonyl (C=O) groups excluding carboxylic acids is 1. The summed E-state index contributed by atoms with van der Waals surface area (Å²) in [5.41, 5.74) is 5.73. The average molecular weight is 263 g/mol. The van der Waals surface area contributed by atoms with Crippen molar-refractivity contribution in [2.45, 2.75) is 20.4 Å². The van der Waals surface area contributed by atoms with Crippen LogP contribution in [-0.4, -0.2) is 10.8 Å². The van der Waals surface area contributed by atoms with Crippen molar-refractivity contribution in [3.63, 3.8) is 0 Å². The summed E-state index contributed by atoms with van der Waals surface area (Å²) in [6, 6.07) is 18.4. The van der Waals surface area contributed by atoms with E-state index in [-0.39, 0.29) is 5.91 Å². The predicted molar refractivity (Wildman–Crippen MR) is 81.6 cm³/mol. The van der Waals surface area contributed by atoms with Crippen molar-refractivity contribution in [1.29, 1.82) is 0 Å². The molecule has 0 N–H and O–H groups in total.